The normalized spacial score (nSPS) is 16.4. The molecule has 0 atom stereocenters. The van der Waals surface area contributed by atoms with Gasteiger partial charge >= 0.3 is 12.2 Å². The number of ether oxygens (including phenoxy) is 2. The van der Waals surface area contributed by atoms with Gasteiger partial charge in [-0.25, -0.2) is 9.59 Å². The van der Waals surface area contributed by atoms with Crippen molar-refractivity contribution < 1.29 is 19.1 Å². The third-order valence-electron chi connectivity index (χ3n) is 2.04. The molecule has 6 nitrogen and oxygen atoms in total. The Morgan fingerprint density at radius 3 is 2.31 bits per heavy atom. The highest BCUT2D eigenvalue weighted by Gasteiger charge is 2.34. The average Bonchev–Trinajstić information content (AvgIpc) is 2.06. The van der Waals surface area contributed by atoms with Crippen LogP contribution in [0, 0.1) is 0 Å². The molecule has 0 radical (unpaired) electrons. The molecule has 0 unspecified atom stereocenters. The lowest BCUT2D eigenvalue weighted by atomic mass is 10.1. The van der Waals surface area contributed by atoms with Gasteiger partial charge in [0.25, 0.3) is 0 Å². The smallest absolute Gasteiger partial charge is 0.410 e. The van der Waals surface area contributed by atoms with Crippen molar-refractivity contribution in [3.63, 3.8) is 0 Å². The molecule has 16 heavy (non-hydrogen) atoms. The minimum atomic E-state index is -0.488. The number of amides is 2. The Bertz CT molecular complexity index is 279. The zero-order valence-electron chi connectivity index (χ0n) is 10.1. The molecule has 1 saturated heterocycles. The molecule has 2 amide bonds. The van der Waals surface area contributed by atoms with Crippen LogP contribution >= 0.6 is 0 Å². The van der Waals surface area contributed by atoms with Gasteiger partial charge in [0.1, 0.15) is 5.60 Å². The SMILES string of the molecule is COC(=O)NC1CN(C(=O)OC(C)(C)C)C1. The number of nitrogens with one attached hydrogen (secondary N) is 1. The summed E-state index contributed by atoms with van der Waals surface area (Å²) in [7, 11) is 1.31. The van der Waals surface area contributed by atoms with Crippen LogP contribution in [0.5, 0.6) is 0 Å². The minimum absolute atomic E-state index is 0.0417. The van der Waals surface area contributed by atoms with E-state index in [0.717, 1.165) is 0 Å². The van der Waals surface area contributed by atoms with E-state index >= 15 is 0 Å². The maximum atomic E-state index is 11.5. The van der Waals surface area contributed by atoms with Crippen LogP contribution in [0.2, 0.25) is 0 Å². The highest BCUT2D eigenvalue weighted by atomic mass is 16.6. The average molecular weight is 230 g/mol. The van der Waals surface area contributed by atoms with E-state index in [2.05, 4.69) is 10.1 Å². The summed E-state index contributed by atoms with van der Waals surface area (Å²) in [5.74, 6) is 0. The Morgan fingerprint density at radius 1 is 1.31 bits per heavy atom. The van der Waals surface area contributed by atoms with Crippen molar-refractivity contribution in [3.8, 4) is 0 Å². The molecular formula is C10H18N2O4. The molecule has 1 N–H and O–H groups in total. The van der Waals surface area contributed by atoms with Crippen molar-refractivity contribution in [3.05, 3.63) is 0 Å². The number of hydrogen-bond donors (Lipinski definition) is 1. The standard InChI is InChI=1S/C10H18N2O4/c1-10(2,3)16-9(14)12-5-7(6-12)11-8(13)15-4/h7H,5-6H2,1-4H3,(H,11,13). The van der Waals surface area contributed by atoms with E-state index in [9.17, 15) is 9.59 Å². The lowest BCUT2D eigenvalue weighted by Crippen LogP contribution is -2.61. The molecule has 0 aromatic carbocycles. The van der Waals surface area contributed by atoms with Crippen LogP contribution in [0.3, 0.4) is 0 Å². The monoisotopic (exact) mass is 230 g/mol. The second kappa shape index (κ2) is 4.59. The summed E-state index contributed by atoms with van der Waals surface area (Å²) in [5.41, 5.74) is -0.488. The van der Waals surface area contributed by atoms with Gasteiger partial charge in [0, 0.05) is 13.1 Å². The molecule has 6 heteroatoms. The fourth-order valence-corrected chi connectivity index (χ4v) is 1.27. The molecule has 1 heterocycles. The van der Waals surface area contributed by atoms with E-state index < -0.39 is 11.7 Å². The van der Waals surface area contributed by atoms with Crippen molar-refractivity contribution in [2.45, 2.75) is 32.4 Å². The Kier molecular flexibility index (Phi) is 3.62. The van der Waals surface area contributed by atoms with Crippen LogP contribution in [-0.4, -0.2) is 48.9 Å². The van der Waals surface area contributed by atoms with Crippen molar-refractivity contribution in [1.82, 2.24) is 10.2 Å². The Morgan fingerprint density at radius 2 is 1.88 bits per heavy atom. The summed E-state index contributed by atoms with van der Waals surface area (Å²) in [6, 6.07) is -0.0417. The Balaban J connectivity index is 2.25. The fraction of sp³-hybridized carbons (Fsp3) is 0.800. The summed E-state index contributed by atoms with van der Waals surface area (Å²) in [5, 5.41) is 2.60. The number of carbonyl (C=O) groups is 2. The van der Waals surface area contributed by atoms with E-state index in [-0.39, 0.29) is 12.1 Å². The predicted octanol–water partition coefficient (Wildman–Crippen LogP) is 0.962. The zero-order valence-corrected chi connectivity index (χ0v) is 10.1. The van der Waals surface area contributed by atoms with Gasteiger partial charge in [-0.15, -0.1) is 0 Å². The minimum Gasteiger partial charge on any atom is -0.453 e. The molecule has 1 aliphatic rings. The van der Waals surface area contributed by atoms with Crippen LogP contribution in [0.15, 0.2) is 0 Å². The van der Waals surface area contributed by atoms with E-state index in [1.54, 1.807) is 0 Å². The van der Waals surface area contributed by atoms with E-state index in [1.165, 1.54) is 12.0 Å². The molecule has 0 bridgehead atoms. The predicted molar refractivity (Wildman–Crippen MR) is 57.1 cm³/mol. The molecule has 0 spiro atoms. The van der Waals surface area contributed by atoms with Crippen LogP contribution < -0.4 is 5.32 Å². The van der Waals surface area contributed by atoms with Gasteiger partial charge in [-0.3, -0.25) is 0 Å². The molecule has 1 aliphatic heterocycles. The van der Waals surface area contributed by atoms with Crippen molar-refractivity contribution in [2.24, 2.45) is 0 Å². The van der Waals surface area contributed by atoms with E-state index in [1.807, 2.05) is 20.8 Å². The molecule has 0 saturated carbocycles. The van der Waals surface area contributed by atoms with Crippen molar-refractivity contribution in [2.75, 3.05) is 20.2 Å². The van der Waals surface area contributed by atoms with Crippen LogP contribution in [0.1, 0.15) is 20.8 Å². The van der Waals surface area contributed by atoms with Crippen LogP contribution in [0.25, 0.3) is 0 Å². The lowest BCUT2D eigenvalue weighted by Gasteiger charge is -2.39. The van der Waals surface area contributed by atoms with Crippen LogP contribution in [-0.2, 0) is 9.47 Å². The molecule has 92 valence electrons. The summed E-state index contributed by atoms with van der Waals surface area (Å²) in [6.45, 7) is 6.37. The highest BCUT2D eigenvalue weighted by Crippen LogP contribution is 2.15. The number of rotatable bonds is 1. The molecule has 1 rings (SSSR count). The summed E-state index contributed by atoms with van der Waals surface area (Å²) in [4.78, 5) is 23.9. The van der Waals surface area contributed by atoms with Gasteiger partial charge in [0.2, 0.25) is 0 Å². The van der Waals surface area contributed by atoms with Gasteiger partial charge in [-0.1, -0.05) is 0 Å². The van der Waals surface area contributed by atoms with Gasteiger partial charge in [-0.2, -0.15) is 0 Å². The number of nitrogens with zero attached hydrogens (tertiary/aromatic N) is 1. The summed E-state index contributed by atoms with van der Waals surface area (Å²) < 4.78 is 9.61. The molecule has 0 aliphatic carbocycles. The Labute approximate surface area is 94.9 Å². The second-order valence-corrected chi connectivity index (χ2v) is 4.72. The van der Waals surface area contributed by atoms with E-state index in [4.69, 9.17) is 4.74 Å². The Hall–Kier alpha value is -1.46. The lowest BCUT2D eigenvalue weighted by molar-refractivity contribution is 0.00528. The third kappa shape index (κ3) is 3.60. The first-order valence-corrected chi connectivity index (χ1v) is 5.14. The number of carbonyl (C=O) groups excluding carboxylic acids is 2. The summed E-state index contributed by atoms with van der Waals surface area (Å²) in [6.07, 6.45) is -0.829. The first kappa shape index (κ1) is 12.6. The van der Waals surface area contributed by atoms with Crippen molar-refractivity contribution >= 4 is 12.2 Å². The fourth-order valence-electron chi connectivity index (χ4n) is 1.27. The highest BCUT2D eigenvalue weighted by molar-refractivity contribution is 5.71. The molecule has 0 aromatic heterocycles. The van der Waals surface area contributed by atoms with Gasteiger partial charge in [0.05, 0.1) is 13.2 Å². The molecule has 0 aromatic rings. The number of hydrogen-bond acceptors (Lipinski definition) is 4. The van der Waals surface area contributed by atoms with Crippen molar-refractivity contribution in [1.29, 1.82) is 0 Å². The molecular weight excluding hydrogens is 212 g/mol. The summed E-state index contributed by atoms with van der Waals surface area (Å²) >= 11 is 0. The largest absolute Gasteiger partial charge is 0.453 e. The van der Waals surface area contributed by atoms with Gasteiger partial charge in [0.15, 0.2) is 0 Å². The molecule has 1 fully saturated rings. The van der Waals surface area contributed by atoms with E-state index in [0.29, 0.717) is 13.1 Å². The van der Waals surface area contributed by atoms with Crippen LogP contribution in [0.4, 0.5) is 9.59 Å². The number of alkyl carbamates (subject to hydrolysis) is 1. The number of methoxy groups -OCH3 is 1. The quantitative estimate of drug-likeness (QED) is 0.728. The van der Waals surface area contributed by atoms with Gasteiger partial charge in [-0.05, 0) is 20.8 Å². The first-order valence-electron chi connectivity index (χ1n) is 5.14. The third-order valence-corrected chi connectivity index (χ3v) is 2.04. The number of likely N-dealkylation sites (tertiary alicyclic amines) is 1. The first-order chi connectivity index (χ1) is 7.31. The second-order valence-electron chi connectivity index (χ2n) is 4.72. The topological polar surface area (TPSA) is 67.9 Å². The zero-order chi connectivity index (χ0) is 12.3. The van der Waals surface area contributed by atoms with Gasteiger partial charge < -0.3 is 19.7 Å². The maximum Gasteiger partial charge on any atom is 0.410 e. The maximum absolute atomic E-state index is 11.5.